The Morgan fingerprint density at radius 3 is 2.60 bits per heavy atom. The Balaban J connectivity index is 0.00000361. The topological polar surface area (TPSA) is 64.4 Å². The molecule has 0 aliphatic rings. The van der Waals surface area contributed by atoms with Crippen molar-refractivity contribution in [2.75, 3.05) is 5.32 Å². The maximum Gasteiger partial charge on any atom is 0.241 e. The highest BCUT2D eigenvalue weighted by Gasteiger charge is 2.13. The molecular formula is C14H22BrClN2O2. The number of hydrogen-bond acceptors (Lipinski definition) is 3. The van der Waals surface area contributed by atoms with E-state index in [1.165, 1.54) is 0 Å². The van der Waals surface area contributed by atoms with Crippen LogP contribution in [0.4, 0.5) is 5.69 Å². The molecule has 1 rings (SSSR count). The molecule has 0 aliphatic carbocycles. The minimum atomic E-state index is -0.474. The van der Waals surface area contributed by atoms with Gasteiger partial charge in [-0.05, 0) is 32.4 Å². The highest BCUT2D eigenvalue weighted by Crippen LogP contribution is 2.25. The predicted molar refractivity (Wildman–Crippen MR) is 88.7 cm³/mol. The molecule has 0 saturated heterocycles. The van der Waals surface area contributed by atoms with Gasteiger partial charge in [0, 0.05) is 16.2 Å². The quantitative estimate of drug-likeness (QED) is 0.807. The molecule has 6 heteroatoms. The summed E-state index contributed by atoms with van der Waals surface area (Å²) in [5, 5.41) is 2.81. The number of nitrogens with two attached hydrogens (primary N) is 1. The van der Waals surface area contributed by atoms with Gasteiger partial charge in [0.15, 0.2) is 0 Å². The first-order valence-electron chi connectivity index (χ1n) is 6.46. The Bertz CT molecular complexity index is 441. The van der Waals surface area contributed by atoms with Crippen molar-refractivity contribution in [3.63, 3.8) is 0 Å². The molecule has 114 valence electrons. The first-order chi connectivity index (χ1) is 8.92. The number of carbonyl (C=O) groups is 1. The van der Waals surface area contributed by atoms with Crippen LogP contribution >= 0.6 is 28.3 Å². The highest BCUT2D eigenvalue weighted by molar-refractivity contribution is 9.10. The number of halogens is 2. The van der Waals surface area contributed by atoms with Crippen LogP contribution in [0.25, 0.3) is 0 Å². The maximum absolute atomic E-state index is 11.9. The van der Waals surface area contributed by atoms with E-state index in [0.29, 0.717) is 17.9 Å². The summed E-state index contributed by atoms with van der Waals surface area (Å²) in [4.78, 5) is 11.9. The Labute approximate surface area is 135 Å². The molecule has 1 unspecified atom stereocenters. The summed E-state index contributed by atoms with van der Waals surface area (Å²) < 4.78 is 6.46. The lowest BCUT2D eigenvalue weighted by molar-refractivity contribution is -0.117. The number of nitrogens with one attached hydrogen (secondary N) is 1. The molecule has 0 aliphatic heterocycles. The minimum absolute atomic E-state index is 0. The molecule has 0 bridgehead atoms. The zero-order valence-corrected chi connectivity index (χ0v) is 14.4. The number of benzene rings is 1. The average molecular weight is 366 g/mol. The van der Waals surface area contributed by atoms with Crippen LogP contribution in [-0.2, 0) is 4.79 Å². The van der Waals surface area contributed by atoms with Gasteiger partial charge in [-0.25, -0.2) is 0 Å². The van der Waals surface area contributed by atoms with Crippen molar-refractivity contribution in [2.45, 2.75) is 45.8 Å². The van der Waals surface area contributed by atoms with Gasteiger partial charge in [0.2, 0.25) is 5.91 Å². The molecule has 0 saturated carbocycles. The number of carbonyl (C=O) groups excluding carboxylic acids is 1. The van der Waals surface area contributed by atoms with Gasteiger partial charge >= 0.3 is 0 Å². The maximum atomic E-state index is 11.9. The van der Waals surface area contributed by atoms with Crippen molar-refractivity contribution in [1.29, 1.82) is 0 Å². The molecule has 0 fully saturated rings. The molecule has 1 aromatic carbocycles. The Kier molecular flexibility index (Phi) is 8.85. The van der Waals surface area contributed by atoms with Gasteiger partial charge in [0.05, 0.1) is 12.1 Å². The number of anilines is 1. The van der Waals surface area contributed by atoms with Crippen molar-refractivity contribution in [1.82, 2.24) is 0 Å². The third-order valence-corrected chi connectivity index (χ3v) is 2.90. The van der Waals surface area contributed by atoms with E-state index in [9.17, 15) is 4.79 Å². The van der Waals surface area contributed by atoms with Crippen LogP contribution in [0.15, 0.2) is 22.7 Å². The van der Waals surface area contributed by atoms with Crippen molar-refractivity contribution < 1.29 is 9.53 Å². The zero-order chi connectivity index (χ0) is 14.4. The van der Waals surface area contributed by atoms with E-state index in [2.05, 4.69) is 21.2 Å². The lowest BCUT2D eigenvalue weighted by Crippen LogP contribution is -2.35. The van der Waals surface area contributed by atoms with Crippen LogP contribution in [0, 0.1) is 0 Å². The number of hydrogen-bond donors (Lipinski definition) is 2. The van der Waals surface area contributed by atoms with Gasteiger partial charge in [0.25, 0.3) is 0 Å². The standard InChI is InChI=1S/C14H21BrN2O2.ClH/c1-4-5-13(16)14(18)17-11-6-10(15)7-12(8-11)19-9(2)3;/h6-9,13H,4-5,16H2,1-3H3,(H,17,18);1H. The molecule has 0 heterocycles. The van der Waals surface area contributed by atoms with Gasteiger partial charge in [-0.1, -0.05) is 29.3 Å². The van der Waals surface area contributed by atoms with E-state index in [4.69, 9.17) is 10.5 Å². The SMILES string of the molecule is CCCC(N)C(=O)Nc1cc(Br)cc(OC(C)C)c1.Cl. The van der Waals surface area contributed by atoms with E-state index in [1.807, 2.05) is 32.9 Å². The van der Waals surface area contributed by atoms with Crippen molar-refractivity contribution >= 4 is 39.9 Å². The second kappa shape index (κ2) is 9.21. The lowest BCUT2D eigenvalue weighted by atomic mass is 10.1. The van der Waals surface area contributed by atoms with Crippen molar-refractivity contribution in [3.8, 4) is 5.75 Å². The zero-order valence-electron chi connectivity index (χ0n) is 12.0. The van der Waals surface area contributed by atoms with Crippen LogP contribution in [0.2, 0.25) is 0 Å². The normalized spacial score (nSPS) is 11.7. The second-order valence-electron chi connectivity index (χ2n) is 4.73. The Morgan fingerprint density at radius 1 is 1.40 bits per heavy atom. The van der Waals surface area contributed by atoms with Crippen LogP contribution in [0.5, 0.6) is 5.75 Å². The average Bonchev–Trinajstić information content (AvgIpc) is 2.27. The lowest BCUT2D eigenvalue weighted by Gasteiger charge is -2.14. The number of ether oxygens (including phenoxy) is 1. The summed E-state index contributed by atoms with van der Waals surface area (Å²) in [5.41, 5.74) is 6.46. The third-order valence-electron chi connectivity index (χ3n) is 2.45. The van der Waals surface area contributed by atoms with E-state index < -0.39 is 6.04 Å². The molecule has 0 radical (unpaired) electrons. The first kappa shape index (κ1) is 19.2. The Morgan fingerprint density at radius 2 is 2.05 bits per heavy atom. The molecule has 3 N–H and O–H groups in total. The molecular weight excluding hydrogens is 344 g/mol. The summed E-state index contributed by atoms with van der Waals surface area (Å²) in [6.45, 7) is 5.91. The summed E-state index contributed by atoms with van der Waals surface area (Å²) in [5.74, 6) is 0.541. The van der Waals surface area contributed by atoms with Crippen LogP contribution < -0.4 is 15.8 Å². The molecule has 1 aromatic rings. The van der Waals surface area contributed by atoms with Crippen LogP contribution in [-0.4, -0.2) is 18.1 Å². The second-order valence-corrected chi connectivity index (χ2v) is 5.64. The fraction of sp³-hybridized carbons (Fsp3) is 0.500. The third kappa shape index (κ3) is 6.59. The van der Waals surface area contributed by atoms with Gasteiger partial charge in [-0.3, -0.25) is 4.79 Å². The molecule has 4 nitrogen and oxygen atoms in total. The number of amides is 1. The van der Waals surface area contributed by atoms with Gasteiger partial charge in [0.1, 0.15) is 5.75 Å². The minimum Gasteiger partial charge on any atom is -0.491 e. The smallest absolute Gasteiger partial charge is 0.241 e. The van der Waals surface area contributed by atoms with Gasteiger partial charge < -0.3 is 15.8 Å². The summed E-state index contributed by atoms with van der Waals surface area (Å²) in [6.07, 6.45) is 1.64. The van der Waals surface area contributed by atoms with Crippen molar-refractivity contribution in [2.24, 2.45) is 5.73 Å². The van der Waals surface area contributed by atoms with E-state index in [1.54, 1.807) is 6.07 Å². The fourth-order valence-electron chi connectivity index (χ4n) is 1.65. The van der Waals surface area contributed by atoms with Crippen LogP contribution in [0.3, 0.4) is 0 Å². The van der Waals surface area contributed by atoms with Crippen molar-refractivity contribution in [3.05, 3.63) is 22.7 Å². The largest absolute Gasteiger partial charge is 0.491 e. The number of rotatable bonds is 6. The van der Waals surface area contributed by atoms with Gasteiger partial charge in [-0.15, -0.1) is 12.4 Å². The highest BCUT2D eigenvalue weighted by atomic mass is 79.9. The van der Waals surface area contributed by atoms with E-state index >= 15 is 0 Å². The monoisotopic (exact) mass is 364 g/mol. The van der Waals surface area contributed by atoms with E-state index in [0.717, 1.165) is 10.9 Å². The van der Waals surface area contributed by atoms with E-state index in [-0.39, 0.29) is 24.4 Å². The van der Waals surface area contributed by atoms with Crippen LogP contribution in [0.1, 0.15) is 33.6 Å². The fourth-order valence-corrected chi connectivity index (χ4v) is 2.12. The first-order valence-corrected chi connectivity index (χ1v) is 7.25. The molecule has 0 aromatic heterocycles. The summed E-state index contributed by atoms with van der Waals surface area (Å²) >= 11 is 3.40. The molecule has 0 spiro atoms. The summed E-state index contributed by atoms with van der Waals surface area (Å²) in [6, 6.07) is 5.01. The molecule has 1 atom stereocenters. The molecule has 1 amide bonds. The molecule has 20 heavy (non-hydrogen) atoms. The summed E-state index contributed by atoms with van der Waals surface area (Å²) in [7, 11) is 0. The Hall–Kier alpha value is -0.780. The van der Waals surface area contributed by atoms with Gasteiger partial charge in [-0.2, -0.15) is 0 Å². The predicted octanol–water partition coefficient (Wildman–Crippen LogP) is 3.72.